The Bertz CT molecular complexity index is 439. The van der Waals surface area contributed by atoms with Crippen LogP contribution in [0.2, 0.25) is 0 Å². The smallest absolute Gasteiger partial charge is 0.269 e. The van der Waals surface area contributed by atoms with Gasteiger partial charge in [0, 0.05) is 0 Å². The Morgan fingerprint density at radius 2 is 2.50 bits per heavy atom. The maximum atomic E-state index is 11.9. The van der Waals surface area contributed by atoms with Gasteiger partial charge in [-0.15, -0.1) is 0 Å². The van der Waals surface area contributed by atoms with Crippen LogP contribution < -0.4 is 0 Å². The molecular weight excluding hydrogens is 246 g/mol. The van der Waals surface area contributed by atoms with E-state index in [1.807, 2.05) is 0 Å². The lowest BCUT2D eigenvalue weighted by Crippen LogP contribution is -2.27. The average Bonchev–Trinajstić information content (AvgIpc) is 2.84. The summed E-state index contributed by atoms with van der Waals surface area (Å²) in [6.07, 6.45) is 2.97. The first kappa shape index (κ1) is 11.2. The first-order valence-electron chi connectivity index (χ1n) is 4.51. The number of carbonyl (C=O) groups excluding carboxylic acids is 1. The molecule has 84 valence electrons. The van der Waals surface area contributed by atoms with E-state index < -0.39 is 0 Å². The highest BCUT2D eigenvalue weighted by Crippen LogP contribution is 2.31. The molecule has 0 unspecified atom stereocenters. The summed E-state index contributed by atoms with van der Waals surface area (Å²) in [4.78, 5) is 13.8. The van der Waals surface area contributed by atoms with E-state index in [9.17, 15) is 4.79 Å². The average molecular weight is 255 g/mol. The summed E-state index contributed by atoms with van der Waals surface area (Å²) in [5.74, 6) is 0.559. The highest BCUT2D eigenvalue weighted by molar-refractivity contribution is 8.26. The van der Waals surface area contributed by atoms with Crippen molar-refractivity contribution in [2.45, 2.75) is 6.54 Å². The Hall–Kier alpha value is -1.27. The third kappa shape index (κ3) is 2.12. The van der Waals surface area contributed by atoms with Gasteiger partial charge in [0.1, 0.15) is 21.2 Å². The molecule has 4 nitrogen and oxygen atoms in total. The molecule has 2 rings (SSSR count). The topological polar surface area (TPSA) is 42.7 Å². The zero-order valence-electron chi connectivity index (χ0n) is 8.50. The maximum Gasteiger partial charge on any atom is 0.269 e. The SMILES string of the molecule is CO/C=C1/SC(=S)N(Cc2ccco2)C1=O. The van der Waals surface area contributed by atoms with Crippen molar-refractivity contribution in [1.82, 2.24) is 4.90 Å². The van der Waals surface area contributed by atoms with Crippen LogP contribution in [0.1, 0.15) is 5.76 Å². The van der Waals surface area contributed by atoms with Crippen LogP contribution in [0.4, 0.5) is 0 Å². The fourth-order valence-electron chi connectivity index (χ4n) is 1.28. The number of carbonyl (C=O) groups is 1. The molecular formula is C10H9NO3S2. The summed E-state index contributed by atoms with van der Waals surface area (Å²) in [7, 11) is 1.50. The summed E-state index contributed by atoms with van der Waals surface area (Å²) in [5, 5.41) is 0. The van der Waals surface area contributed by atoms with Gasteiger partial charge in [-0.1, -0.05) is 24.0 Å². The minimum Gasteiger partial charge on any atom is -0.503 e. The molecule has 0 saturated carbocycles. The van der Waals surface area contributed by atoms with Crippen molar-refractivity contribution in [2.24, 2.45) is 0 Å². The number of thioether (sulfide) groups is 1. The van der Waals surface area contributed by atoms with E-state index in [0.29, 0.717) is 21.5 Å². The summed E-state index contributed by atoms with van der Waals surface area (Å²) in [6, 6.07) is 3.58. The van der Waals surface area contributed by atoms with E-state index in [4.69, 9.17) is 21.4 Å². The number of methoxy groups -OCH3 is 1. The van der Waals surface area contributed by atoms with Crippen molar-refractivity contribution in [1.29, 1.82) is 0 Å². The Kier molecular flexibility index (Phi) is 3.31. The molecule has 1 aromatic rings. The van der Waals surface area contributed by atoms with Crippen LogP contribution in [-0.2, 0) is 16.1 Å². The van der Waals surface area contributed by atoms with Gasteiger partial charge in [0.15, 0.2) is 0 Å². The second kappa shape index (κ2) is 4.71. The lowest BCUT2D eigenvalue weighted by atomic mass is 10.4. The number of ether oxygens (including phenoxy) is 1. The summed E-state index contributed by atoms with van der Waals surface area (Å²) >= 11 is 6.34. The molecule has 0 N–H and O–H groups in total. The molecule has 0 bridgehead atoms. The van der Waals surface area contributed by atoms with Crippen LogP contribution in [0, 0.1) is 0 Å². The number of furan rings is 1. The molecule has 1 amide bonds. The normalized spacial score (nSPS) is 18.6. The number of nitrogens with zero attached hydrogens (tertiary/aromatic N) is 1. The largest absolute Gasteiger partial charge is 0.503 e. The Morgan fingerprint density at radius 1 is 1.69 bits per heavy atom. The van der Waals surface area contributed by atoms with Crippen LogP contribution in [0.15, 0.2) is 34.0 Å². The van der Waals surface area contributed by atoms with Gasteiger partial charge in [0.2, 0.25) is 0 Å². The van der Waals surface area contributed by atoms with Crippen molar-refractivity contribution >= 4 is 34.2 Å². The van der Waals surface area contributed by atoms with Gasteiger partial charge in [-0.05, 0) is 12.1 Å². The molecule has 0 atom stereocenters. The highest BCUT2D eigenvalue weighted by Gasteiger charge is 2.32. The van der Waals surface area contributed by atoms with E-state index in [2.05, 4.69) is 0 Å². The van der Waals surface area contributed by atoms with Gasteiger partial charge in [0.25, 0.3) is 5.91 Å². The summed E-state index contributed by atoms with van der Waals surface area (Å²) < 4.78 is 10.5. The number of thiocarbonyl (C=S) groups is 1. The van der Waals surface area contributed by atoms with Crippen LogP contribution in [0.25, 0.3) is 0 Å². The fraction of sp³-hybridized carbons (Fsp3) is 0.200. The van der Waals surface area contributed by atoms with Crippen LogP contribution in [-0.4, -0.2) is 22.2 Å². The molecule has 2 heterocycles. The van der Waals surface area contributed by atoms with Gasteiger partial charge in [-0.2, -0.15) is 0 Å². The van der Waals surface area contributed by atoms with Crippen molar-refractivity contribution in [2.75, 3.05) is 7.11 Å². The molecule has 0 aliphatic carbocycles. The van der Waals surface area contributed by atoms with Gasteiger partial charge in [-0.25, -0.2) is 0 Å². The lowest BCUT2D eigenvalue weighted by molar-refractivity contribution is -0.122. The fourth-order valence-corrected chi connectivity index (χ4v) is 2.49. The Morgan fingerprint density at radius 3 is 3.12 bits per heavy atom. The lowest BCUT2D eigenvalue weighted by Gasteiger charge is -2.11. The van der Waals surface area contributed by atoms with Gasteiger partial charge < -0.3 is 9.15 Å². The Labute approximate surface area is 102 Å². The van der Waals surface area contributed by atoms with Crippen LogP contribution in [0.5, 0.6) is 0 Å². The molecule has 0 spiro atoms. The number of rotatable bonds is 3. The van der Waals surface area contributed by atoms with Gasteiger partial charge in [0.05, 0.1) is 19.9 Å². The highest BCUT2D eigenvalue weighted by atomic mass is 32.2. The molecule has 1 aliphatic rings. The first-order valence-corrected chi connectivity index (χ1v) is 5.74. The quantitative estimate of drug-likeness (QED) is 0.470. The monoisotopic (exact) mass is 255 g/mol. The Balaban J connectivity index is 2.14. The predicted molar refractivity (Wildman–Crippen MR) is 64.5 cm³/mol. The number of hydrogen-bond acceptors (Lipinski definition) is 5. The van der Waals surface area contributed by atoms with Crippen LogP contribution >= 0.6 is 24.0 Å². The molecule has 0 radical (unpaired) electrons. The van der Waals surface area contributed by atoms with E-state index in [1.165, 1.54) is 30.0 Å². The zero-order chi connectivity index (χ0) is 11.5. The van der Waals surface area contributed by atoms with E-state index in [1.54, 1.807) is 18.4 Å². The van der Waals surface area contributed by atoms with E-state index in [0.717, 1.165) is 0 Å². The van der Waals surface area contributed by atoms with E-state index >= 15 is 0 Å². The molecule has 6 heteroatoms. The second-order valence-electron chi connectivity index (χ2n) is 3.06. The second-order valence-corrected chi connectivity index (χ2v) is 4.73. The van der Waals surface area contributed by atoms with Gasteiger partial charge >= 0.3 is 0 Å². The van der Waals surface area contributed by atoms with Gasteiger partial charge in [-0.3, -0.25) is 9.69 Å². The zero-order valence-corrected chi connectivity index (χ0v) is 10.1. The van der Waals surface area contributed by atoms with Crippen molar-refractivity contribution in [3.63, 3.8) is 0 Å². The molecule has 1 aromatic heterocycles. The van der Waals surface area contributed by atoms with Crippen molar-refractivity contribution < 1.29 is 13.9 Å². The summed E-state index contributed by atoms with van der Waals surface area (Å²) in [5.41, 5.74) is 0. The summed E-state index contributed by atoms with van der Waals surface area (Å²) in [6.45, 7) is 0.360. The number of amides is 1. The standard InChI is InChI=1S/C10H9NO3S2/c1-13-6-8-9(12)11(10(15)16-8)5-7-3-2-4-14-7/h2-4,6H,5H2,1H3/b8-6+. The predicted octanol–water partition coefficient (Wildman–Crippen LogP) is 2.13. The van der Waals surface area contributed by atoms with Crippen LogP contribution in [0.3, 0.4) is 0 Å². The molecule has 16 heavy (non-hydrogen) atoms. The third-order valence-electron chi connectivity index (χ3n) is 1.99. The molecule has 1 fully saturated rings. The number of hydrogen-bond donors (Lipinski definition) is 0. The van der Waals surface area contributed by atoms with Crippen molar-refractivity contribution in [3.05, 3.63) is 35.3 Å². The molecule has 1 aliphatic heterocycles. The third-order valence-corrected chi connectivity index (χ3v) is 3.35. The minimum atomic E-state index is -0.145. The molecule has 0 aromatic carbocycles. The molecule has 1 saturated heterocycles. The van der Waals surface area contributed by atoms with Crippen molar-refractivity contribution in [3.8, 4) is 0 Å². The first-order chi connectivity index (χ1) is 7.72. The minimum absolute atomic E-state index is 0.145. The van der Waals surface area contributed by atoms with E-state index in [-0.39, 0.29) is 5.91 Å². The maximum absolute atomic E-state index is 11.9.